The van der Waals surface area contributed by atoms with Crippen LogP contribution in [0.1, 0.15) is 23.7 Å². The zero-order valence-corrected chi connectivity index (χ0v) is 14.3. The van der Waals surface area contributed by atoms with Crippen LogP contribution in [-0.2, 0) is 10.3 Å². The van der Waals surface area contributed by atoms with E-state index in [0.717, 1.165) is 24.1 Å². The van der Waals surface area contributed by atoms with Gasteiger partial charge in [-0.05, 0) is 28.8 Å². The Morgan fingerprint density at radius 3 is 2.62 bits per heavy atom. The molecule has 1 spiro atoms. The van der Waals surface area contributed by atoms with Crippen LogP contribution in [0.3, 0.4) is 0 Å². The van der Waals surface area contributed by atoms with Gasteiger partial charge in [0.25, 0.3) is 0 Å². The molecule has 3 atom stereocenters. The molecule has 2 heterocycles. The number of ether oxygens (including phenoxy) is 3. The summed E-state index contributed by atoms with van der Waals surface area (Å²) < 4.78 is 16.6. The first-order valence-electron chi connectivity index (χ1n) is 8.25. The smallest absolute Gasteiger partial charge is 0.161 e. The largest absolute Gasteiger partial charge is 0.493 e. The van der Waals surface area contributed by atoms with Crippen LogP contribution in [0.2, 0.25) is 0 Å². The molecule has 5 heteroatoms. The molecule has 0 bridgehead atoms. The van der Waals surface area contributed by atoms with Crippen molar-refractivity contribution in [2.45, 2.75) is 24.2 Å². The van der Waals surface area contributed by atoms with E-state index in [2.05, 4.69) is 23.1 Å². The van der Waals surface area contributed by atoms with E-state index in [9.17, 15) is 5.11 Å². The molecule has 3 aliphatic rings. The Hall–Kier alpha value is -1.82. The number of hydrogen-bond donors (Lipinski definition) is 1. The van der Waals surface area contributed by atoms with Crippen molar-refractivity contribution >= 4 is 0 Å². The molecule has 0 saturated heterocycles. The number of fused-ring (bicyclic) bond motifs is 1. The third-order valence-electron chi connectivity index (χ3n) is 5.59. The maximum atomic E-state index is 10.7. The lowest BCUT2D eigenvalue weighted by Gasteiger charge is -2.49. The number of benzene rings is 1. The van der Waals surface area contributed by atoms with E-state index in [1.807, 2.05) is 12.1 Å². The Bertz CT molecular complexity index is 726. The number of nitrogens with zero attached hydrogens (tertiary/aromatic N) is 1. The lowest BCUT2D eigenvalue weighted by molar-refractivity contribution is 0.0107. The predicted octanol–water partition coefficient (Wildman–Crippen LogP) is 2.16. The van der Waals surface area contributed by atoms with Crippen LogP contribution in [0, 0.1) is 0 Å². The van der Waals surface area contributed by atoms with E-state index in [0.29, 0.717) is 18.0 Å². The average molecular weight is 329 g/mol. The van der Waals surface area contributed by atoms with Crippen LogP contribution in [0.5, 0.6) is 11.5 Å². The molecule has 1 aromatic carbocycles. The van der Waals surface area contributed by atoms with Crippen molar-refractivity contribution in [3.05, 3.63) is 47.1 Å². The van der Waals surface area contributed by atoms with Crippen molar-refractivity contribution in [3.63, 3.8) is 0 Å². The van der Waals surface area contributed by atoms with Crippen molar-refractivity contribution in [3.8, 4) is 11.5 Å². The zero-order chi connectivity index (χ0) is 16.9. The van der Waals surface area contributed by atoms with Crippen LogP contribution in [0.15, 0.2) is 35.9 Å². The van der Waals surface area contributed by atoms with Crippen LogP contribution >= 0.6 is 0 Å². The van der Waals surface area contributed by atoms with E-state index in [-0.39, 0.29) is 11.6 Å². The van der Waals surface area contributed by atoms with Crippen molar-refractivity contribution < 1.29 is 19.3 Å². The van der Waals surface area contributed by atoms with Gasteiger partial charge in [-0.2, -0.15) is 0 Å². The number of methoxy groups -OCH3 is 3. The highest BCUT2D eigenvalue weighted by atomic mass is 16.5. The van der Waals surface area contributed by atoms with Gasteiger partial charge in [-0.15, -0.1) is 0 Å². The fraction of sp³-hybridized carbons (Fsp3) is 0.474. The Kier molecular flexibility index (Phi) is 3.67. The highest BCUT2D eigenvalue weighted by molar-refractivity contribution is 5.58. The molecule has 0 amide bonds. The van der Waals surface area contributed by atoms with Gasteiger partial charge in [0.1, 0.15) is 0 Å². The summed E-state index contributed by atoms with van der Waals surface area (Å²) in [5.74, 6) is 1.34. The third-order valence-corrected chi connectivity index (χ3v) is 5.59. The van der Waals surface area contributed by atoms with Crippen LogP contribution in [-0.4, -0.2) is 50.5 Å². The second-order valence-corrected chi connectivity index (χ2v) is 6.57. The Balaban J connectivity index is 1.94. The SMILES string of the molecule is COc1cc2c(cc1OC)[C@@]13C[C@H](OC)C=CC1=CCN3C[C@H]2O. The number of hydrogen-bond acceptors (Lipinski definition) is 5. The molecule has 0 unspecified atom stereocenters. The van der Waals surface area contributed by atoms with Crippen molar-refractivity contribution in [1.82, 2.24) is 4.90 Å². The standard InChI is InChI=1S/C19H23NO4/c1-22-13-5-4-12-6-7-20-11-16(21)14-8-17(23-2)18(24-3)9-15(14)19(12,20)10-13/h4-6,8-9,13,16,21H,7,10-11H2,1-3H3/t13-,16-,19-/m1/s1. The van der Waals surface area contributed by atoms with E-state index >= 15 is 0 Å². The van der Waals surface area contributed by atoms with E-state index in [1.54, 1.807) is 21.3 Å². The number of rotatable bonds is 3. The molecule has 1 N–H and O–H groups in total. The minimum Gasteiger partial charge on any atom is -0.493 e. The normalized spacial score (nSPS) is 31.1. The van der Waals surface area contributed by atoms with Gasteiger partial charge in [-0.1, -0.05) is 18.2 Å². The van der Waals surface area contributed by atoms with Crippen molar-refractivity contribution in [2.24, 2.45) is 0 Å². The van der Waals surface area contributed by atoms with Crippen molar-refractivity contribution in [1.29, 1.82) is 0 Å². The van der Waals surface area contributed by atoms with Crippen molar-refractivity contribution in [2.75, 3.05) is 34.4 Å². The summed E-state index contributed by atoms with van der Waals surface area (Å²) in [6, 6.07) is 3.94. The topological polar surface area (TPSA) is 51.2 Å². The lowest BCUT2D eigenvalue weighted by Crippen LogP contribution is -2.52. The first-order valence-corrected chi connectivity index (χ1v) is 8.25. The molecule has 2 aliphatic heterocycles. The van der Waals surface area contributed by atoms with Gasteiger partial charge in [0, 0.05) is 26.6 Å². The summed E-state index contributed by atoms with van der Waals surface area (Å²) in [7, 11) is 5.01. The fourth-order valence-corrected chi connectivity index (χ4v) is 4.40. The molecule has 0 saturated carbocycles. The van der Waals surface area contributed by atoms with E-state index < -0.39 is 6.10 Å². The van der Waals surface area contributed by atoms with Gasteiger partial charge in [-0.3, -0.25) is 4.90 Å². The molecular formula is C19H23NO4. The Labute approximate surface area is 142 Å². The molecule has 4 rings (SSSR count). The van der Waals surface area contributed by atoms with Gasteiger partial charge < -0.3 is 19.3 Å². The fourth-order valence-electron chi connectivity index (χ4n) is 4.40. The summed E-state index contributed by atoms with van der Waals surface area (Å²) >= 11 is 0. The maximum Gasteiger partial charge on any atom is 0.161 e. The summed E-state index contributed by atoms with van der Waals surface area (Å²) in [5, 5.41) is 10.7. The molecule has 128 valence electrons. The number of aliphatic hydroxyl groups is 1. The summed E-state index contributed by atoms with van der Waals surface area (Å²) in [6.45, 7) is 1.44. The first kappa shape index (κ1) is 15.7. The van der Waals surface area contributed by atoms with Gasteiger partial charge >= 0.3 is 0 Å². The molecule has 0 aromatic heterocycles. The second kappa shape index (κ2) is 5.62. The maximum absolute atomic E-state index is 10.7. The van der Waals surface area contributed by atoms with E-state index in [4.69, 9.17) is 14.2 Å². The summed E-state index contributed by atoms with van der Waals surface area (Å²) in [5.41, 5.74) is 3.02. The second-order valence-electron chi connectivity index (χ2n) is 6.57. The highest BCUT2D eigenvalue weighted by Gasteiger charge is 2.52. The van der Waals surface area contributed by atoms with Crippen LogP contribution in [0.25, 0.3) is 0 Å². The molecule has 0 fully saturated rings. The Morgan fingerprint density at radius 2 is 1.92 bits per heavy atom. The highest BCUT2D eigenvalue weighted by Crippen LogP contribution is 2.54. The van der Waals surface area contributed by atoms with Gasteiger partial charge in [0.2, 0.25) is 0 Å². The Morgan fingerprint density at radius 1 is 1.17 bits per heavy atom. The number of aliphatic hydroxyl groups excluding tert-OH is 1. The molecule has 0 radical (unpaired) electrons. The van der Waals surface area contributed by atoms with Gasteiger partial charge in [0.05, 0.1) is 32.0 Å². The van der Waals surface area contributed by atoms with Gasteiger partial charge in [0.15, 0.2) is 11.5 Å². The first-order chi connectivity index (χ1) is 11.6. The monoisotopic (exact) mass is 329 g/mol. The molecule has 1 aromatic rings. The quantitative estimate of drug-likeness (QED) is 0.921. The summed E-state index contributed by atoms with van der Waals surface area (Å²) in [4.78, 5) is 2.34. The van der Waals surface area contributed by atoms with E-state index in [1.165, 1.54) is 5.57 Å². The van der Waals surface area contributed by atoms with Gasteiger partial charge in [-0.25, -0.2) is 0 Å². The lowest BCUT2D eigenvalue weighted by atomic mass is 9.71. The molecule has 24 heavy (non-hydrogen) atoms. The molecular weight excluding hydrogens is 306 g/mol. The zero-order valence-electron chi connectivity index (χ0n) is 14.3. The average Bonchev–Trinajstić information content (AvgIpc) is 2.99. The summed E-state index contributed by atoms with van der Waals surface area (Å²) in [6.07, 6.45) is 6.88. The van der Waals surface area contributed by atoms with Crippen LogP contribution < -0.4 is 9.47 Å². The molecule has 5 nitrogen and oxygen atoms in total. The predicted molar refractivity (Wildman–Crippen MR) is 90.4 cm³/mol. The minimum atomic E-state index is -0.537. The third kappa shape index (κ3) is 1.98. The molecule has 1 aliphatic carbocycles. The minimum absolute atomic E-state index is 0.0546. The van der Waals surface area contributed by atoms with Crippen LogP contribution in [0.4, 0.5) is 0 Å².